The maximum atomic E-state index is 12.5. The first-order valence-corrected chi connectivity index (χ1v) is 10.1. The summed E-state index contributed by atoms with van der Waals surface area (Å²) in [6.07, 6.45) is 0.588. The second-order valence-electron chi connectivity index (χ2n) is 7.69. The van der Waals surface area contributed by atoms with Crippen LogP contribution in [0.3, 0.4) is 0 Å². The molecule has 0 spiro atoms. The number of ketones is 1. The van der Waals surface area contributed by atoms with E-state index in [1.807, 2.05) is 48.5 Å². The van der Waals surface area contributed by atoms with Crippen molar-refractivity contribution in [3.63, 3.8) is 0 Å². The molecular weight excluding hydrogens is 404 g/mol. The fraction of sp³-hybridized carbons (Fsp3) is 0.0741. The molecule has 4 rings (SSSR count). The zero-order chi connectivity index (χ0) is 22.7. The maximum Gasteiger partial charge on any atom is 0.141 e. The Kier molecular flexibility index (Phi) is 5.81. The first kappa shape index (κ1) is 21.0. The fourth-order valence-electron chi connectivity index (χ4n) is 3.65. The zero-order valence-corrected chi connectivity index (χ0v) is 17.2. The van der Waals surface area contributed by atoms with Crippen LogP contribution in [0.25, 0.3) is 22.3 Å². The summed E-state index contributed by atoms with van der Waals surface area (Å²) < 4.78 is 0. The van der Waals surface area contributed by atoms with Gasteiger partial charge in [-0.15, -0.1) is 0 Å². The first-order chi connectivity index (χ1) is 15.4. The molecule has 0 aliphatic heterocycles. The smallest absolute Gasteiger partial charge is 0.141 e. The summed E-state index contributed by atoms with van der Waals surface area (Å²) >= 11 is 0. The number of phenolic OH excluding ortho intramolecular Hbond substituents is 4. The Labute approximate surface area is 185 Å². The summed E-state index contributed by atoms with van der Waals surface area (Å²) in [6, 6.07) is 23.7. The summed E-state index contributed by atoms with van der Waals surface area (Å²) in [5, 5.41) is 38.9. The summed E-state index contributed by atoms with van der Waals surface area (Å²) in [4.78, 5) is 12.5. The van der Waals surface area contributed by atoms with E-state index in [2.05, 4.69) is 0 Å². The molecule has 5 heteroatoms. The van der Waals surface area contributed by atoms with Crippen LogP contribution in [0.2, 0.25) is 0 Å². The van der Waals surface area contributed by atoms with Crippen molar-refractivity contribution in [1.29, 1.82) is 0 Å². The highest BCUT2D eigenvalue weighted by Gasteiger charge is 2.10. The van der Waals surface area contributed by atoms with Crippen LogP contribution >= 0.6 is 0 Å². The molecule has 0 amide bonds. The van der Waals surface area contributed by atoms with Gasteiger partial charge in [-0.3, -0.25) is 4.79 Å². The Bertz CT molecular complexity index is 1160. The fourth-order valence-corrected chi connectivity index (χ4v) is 3.65. The molecule has 0 fully saturated rings. The number of hydrogen-bond donors (Lipinski definition) is 4. The van der Waals surface area contributed by atoms with Crippen molar-refractivity contribution in [2.75, 3.05) is 0 Å². The molecule has 160 valence electrons. The lowest BCUT2D eigenvalue weighted by atomic mass is 9.98. The minimum Gasteiger partial charge on any atom is -0.508 e. The third-order valence-electron chi connectivity index (χ3n) is 5.30. The van der Waals surface area contributed by atoms with Gasteiger partial charge in [0.25, 0.3) is 0 Å². The lowest BCUT2D eigenvalue weighted by molar-refractivity contribution is -0.117. The van der Waals surface area contributed by atoms with E-state index in [1.54, 1.807) is 12.1 Å². The van der Waals surface area contributed by atoms with Crippen molar-refractivity contribution in [3.05, 3.63) is 96.1 Å². The van der Waals surface area contributed by atoms with Gasteiger partial charge >= 0.3 is 0 Å². The lowest BCUT2D eigenvalue weighted by Gasteiger charge is -2.08. The number of hydrogen-bond acceptors (Lipinski definition) is 5. The molecule has 4 aromatic rings. The van der Waals surface area contributed by atoms with Gasteiger partial charge in [0.05, 0.1) is 0 Å². The molecule has 4 aromatic carbocycles. The molecule has 4 N–H and O–H groups in total. The largest absolute Gasteiger partial charge is 0.508 e. The molecule has 0 saturated heterocycles. The number of Topliss-reactive ketones (excluding diaryl/α,β-unsaturated/α-hetero) is 1. The second kappa shape index (κ2) is 8.86. The van der Waals surface area contributed by atoms with Gasteiger partial charge in [0.15, 0.2) is 0 Å². The van der Waals surface area contributed by atoms with Crippen LogP contribution in [-0.2, 0) is 17.6 Å². The SMILES string of the molecule is O=C(Cc1ccc(-c2ccc(O)cc2O)cc1)Cc1ccc(-c2ccc(O)cc2O)cc1. The third-order valence-corrected chi connectivity index (χ3v) is 5.30. The van der Waals surface area contributed by atoms with Gasteiger partial charge in [0.1, 0.15) is 28.8 Å². The van der Waals surface area contributed by atoms with Crippen molar-refractivity contribution in [2.24, 2.45) is 0 Å². The molecule has 0 aliphatic rings. The van der Waals surface area contributed by atoms with Crippen LogP contribution in [0.15, 0.2) is 84.9 Å². The Hall–Kier alpha value is -4.25. The van der Waals surface area contributed by atoms with Gasteiger partial charge in [-0.2, -0.15) is 0 Å². The van der Waals surface area contributed by atoms with Crippen LogP contribution in [-0.4, -0.2) is 26.2 Å². The van der Waals surface area contributed by atoms with E-state index in [1.165, 1.54) is 24.3 Å². The topological polar surface area (TPSA) is 98.0 Å². The van der Waals surface area contributed by atoms with Gasteiger partial charge in [0, 0.05) is 36.1 Å². The molecule has 0 atom stereocenters. The van der Waals surface area contributed by atoms with Gasteiger partial charge in [-0.05, 0) is 46.5 Å². The number of rotatable bonds is 6. The standard InChI is InChI=1S/C27H22O5/c28-21-9-11-24(26(31)15-21)19-5-1-17(2-6-19)13-23(30)14-18-3-7-20(8-4-18)25-12-10-22(29)16-27(25)32/h1-12,15-16,28-29,31-32H,13-14H2. The molecule has 0 bridgehead atoms. The monoisotopic (exact) mass is 426 g/mol. The minimum atomic E-state index is -0.00195. The van der Waals surface area contributed by atoms with E-state index in [-0.39, 0.29) is 28.8 Å². The van der Waals surface area contributed by atoms with Crippen molar-refractivity contribution in [1.82, 2.24) is 0 Å². The Morgan fingerprint density at radius 3 is 1.25 bits per heavy atom. The van der Waals surface area contributed by atoms with Crippen LogP contribution in [0, 0.1) is 0 Å². The predicted molar refractivity (Wildman–Crippen MR) is 123 cm³/mol. The summed E-state index contributed by atoms with van der Waals surface area (Å²) in [5.41, 5.74) is 4.57. The molecule has 0 aromatic heterocycles. The second-order valence-corrected chi connectivity index (χ2v) is 7.69. The van der Waals surface area contributed by atoms with E-state index < -0.39 is 0 Å². The highest BCUT2D eigenvalue weighted by atomic mass is 16.3. The number of benzene rings is 4. The predicted octanol–water partition coefficient (Wildman–Crippen LogP) is 5.20. The highest BCUT2D eigenvalue weighted by Crippen LogP contribution is 2.33. The quantitative estimate of drug-likeness (QED) is 0.340. The van der Waals surface area contributed by atoms with Crippen LogP contribution in [0.1, 0.15) is 11.1 Å². The Morgan fingerprint density at radius 2 is 0.906 bits per heavy atom. The molecule has 0 saturated carbocycles. The molecule has 0 heterocycles. The Balaban J connectivity index is 1.40. The average molecular weight is 426 g/mol. The summed E-state index contributed by atoms with van der Waals surface area (Å²) in [7, 11) is 0. The summed E-state index contributed by atoms with van der Waals surface area (Å²) in [5.74, 6) is 0.0731. The van der Waals surface area contributed by atoms with E-state index in [0.717, 1.165) is 22.3 Å². The average Bonchev–Trinajstić information content (AvgIpc) is 2.75. The van der Waals surface area contributed by atoms with E-state index in [4.69, 9.17) is 0 Å². The van der Waals surface area contributed by atoms with E-state index in [0.29, 0.717) is 24.0 Å². The van der Waals surface area contributed by atoms with Gasteiger partial charge < -0.3 is 20.4 Å². The molecule has 0 unspecified atom stereocenters. The normalized spacial score (nSPS) is 10.8. The van der Waals surface area contributed by atoms with Crippen molar-refractivity contribution >= 4 is 5.78 Å². The molecule has 5 nitrogen and oxygen atoms in total. The van der Waals surface area contributed by atoms with Gasteiger partial charge in [-0.25, -0.2) is 0 Å². The number of phenols is 4. The third kappa shape index (κ3) is 4.73. The minimum absolute atomic E-state index is 0.00127. The maximum absolute atomic E-state index is 12.5. The first-order valence-electron chi connectivity index (χ1n) is 10.1. The molecule has 0 aliphatic carbocycles. The summed E-state index contributed by atoms with van der Waals surface area (Å²) in [6.45, 7) is 0. The lowest BCUT2D eigenvalue weighted by Crippen LogP contribution is -2.06. The molecule has 0 radical (unpaired) electrons. The van der Waals surface area contributed by atoms with Crippen molar-refractivity contribution in [3.8, 4) is 45.3 Å². The molecular formula is C27H22O5. The van der Waals surface area contributed by atoms with Crippen molar-refractivity contribution in [2.45, 2.75) is 12.8 Å². The number of carbonyl (C=O) groups excluding carboxylic acids is 1. The zero-order valence-electron chi connectivity index (χ0n) is 17.2. The van der Waals surface area contributed by atoms with Crippen LogP contribution in [0.4, 0.5) is 0 Å². The van der Waals surface area contributed by atoms with Gasteiger partial charge in [-0.1, -0.05) is 48.5 Å². The van der Waals surface area contributed by atoms with E-state index in [9.17, 15) is 25.2 Å². The van der Waals surface area contributed by atoms with Crippen LogP contribution < -0.4 is 0 Å². The Morgan fingerprint density at radius 1 is 0.531 bits per heavy atom. The van der Waals surface area contributed by atoms with Gasteiger partial charge in [0.2, 0.25) is 0 Å². The van der Waals surface area contributed by atoms with Crippen LogP contribution in [0.5, 0.6) is 23.0 Å². The highest BCUT2D eigenvalue weighted by molar-refractivity contribution is 5.83. The molecule has 32 heavy (non-hydrogen) atoms. The number of aromatic hydroxyl groups is 4. The van der Waals surface area contributed by atoms with Crippen molar-refractivity contribution < 1.29 is 25.2 Å². The number of carbonyl (C=O) groups is 1. The van der Waals surface area contributed by atoms with E-state index >= 15 is 0 Å².